The molecule has 1 N–H and O–H groups in total. The summed E-state index contributed by atoms with van der Waals surface area (Å²) >= 11 is 7.47. The number of hydrogen-bond donors (Lipinski definition) is 1. The standard InChI is InChI=1S/C17H12ClFN2OS/c18-15(12-4-2-1-3-5-12)16(22)21-17-20-14(10-23-17)11-6-8-13(19)9-7-11/h1-10,15H,(H,20,21,22). The lowest BCUT2D eigenvalue weighted by atomic mass is 10.1. The highest BCUT2D eigenvalue weighted by molar-refractivity contribution is 7.14. The number of nitrogens with zero attached hydrogens (tertiary/aromatic N) is 1. The van der Waals surface area contributed by atoms with E-state index >= 15 is 0 Å². The molecule has 0 bridgehead atoms. The zero-order chi connectivity index (χ0) is 16.2. The average Bonchev–Trinajstić information content (AvgIpc) is 3.04. The van der Waals surface area contributed by atoms with Crippen molar-refractivity contribution in [3.8, 4) is 11.3 Å². The molecule has 6 heteroatoms. The molecule has 0 radical (unpaired) electrons. The fraction of sp³-hybridized carbons (Fsp3) is 0.0588. The van der Waals surface area contributed by atoms with E-state index in [0.717, 1.165) is 11.1 Å². The van der Waals surface area contributed by atoms with E-state index in [1.165, 1.54) is 23.5 Å². The number of carbonyl (C=O) groups is 1. The number of nitrogens with one attached hydrogen (secondary N) is 1. The van der Waals surface area contributed by atoms with Crippen molar-refractivity contribution in [2.24, 2.45) is 0 Å². The zero-order valence-corrected chi connectivity index (χ0v) is 13.4. The third kappa shape index (κ3) is 3.75. The smallest absolute Gasteiger partial charge is 0.248 e. The summed E-state index contributed by atoms with van der Waals surface area (Å²) in [5, 5.41) is 4.18. The Kier molecular flexibility index (Phi) is 4.69. The normalized spacial score (nSPS) is 11.9. The highest BCUT2D eigenvalue weighted by Gasteiger charge is 2.18. The Morgan fingerprint density at radius 2 is 1.83 bits per heavy atom. The summed E-state index contributed by atoms with van der Waals surface area (Å²) in [5.74, 6) is -0.636. The molecule has 1 heterocycles. The largest absolute Gasteiger partial charge is 0.300 e. The number of amides is 1. The van der Waals surface area contributed by atoms with Gasteiger partial charge in [0.05, 0.1) is 5.69 Å². The van der Waals surface area contributed by atoms with Gasteiger partial charge < -0.3 is 5.32 Å². The maximum Gasteiger partial charge on any atom is 0.248 e. The summed E-state index contributed by atoms with van der Waals surface area (Å²) < 4.78 is 12.9. The Hall–Kier alpha value is -2.24. The van der Waals surface area contributed by atoms with Crippen LogP contribution < -0.4 is 5.32 Å². The van der Waals surface area contributed by atoms with E-state index in [1.54, 1.807) is 29.6 Å². The number of anilines is 1. The topological polar surface area (TPSA) is 42.0 Å². The summed E-state index contributed by atoms with van der Waals surface area (Å²) in [5.41, 5.74) is 2.19. The van der Waals surface area contributed by atoms with Crippen LogP contribution in [-0.2, 0) is 4.79 Å². The van der Waals surface area contributed by atoms with Gasteiger partial charge in [0.1, 0.15) is 11.2 Å². The van der Waals surface area contributed by atoms with Crippen LogP contribution in [0.25, 0.3) is 11.3 Å². The summed E-state index contributed by atoms with van der Waals surface area (Å²) in [6.07, 6.45) is 0. The van der Waals surface area contributed by atoms with Crippen molar-refractivity contribution in [1.82, 2.24) is 4.98 Å². The maximum atomic E-state index is 12.9. The molecule has 0 fully saturated rings. The number of aromatic nitrogens is 1. The van der Waals surface area contributed by atoms with Crippen LogP contribution in [0, 0.1) is 5.82 Å². The fourth-order valence-corrected chi connectivity index (χ4v) is 2.95. The van der Waals surface area contributed by atoms with Gasteiger partial charge >= 0.3 is 0 Å². The summed E-state index contributed by atoms with van der Waals surface area (Å²) in [7, 11) is 0. The first-order valence-corrected chi connectivity index (χ1v) is 8.16. The van der Waals surface area contributed by atoms with Crippen LogP contribution in [0.4, 0.5) is 9.52 Å². The van der Waals surface area contributed by atoms with E-state index in [4.69, 9.17) is 11.6 Å². The second-order valence-electron chi connectivity index (χ2n) is 4.81. The first-order valence-electron chi connectivity index (χ1n) is 6.85. The van der Waals surface area contributed by atoms with Crippen molar-refractivity contribution < 1.29 is 9.18 Å². The predicted octanol–water partition coefficient (Wildman–Crippen LogP) is 4.87. The molecule has 1 atom stereocenters. The molecule has 0 aliphatic carbocycles. The van der Waals surface area contributed by atoms with Crippen molar-refractivity contribution in [2.45, 2.75) is 5.38 Å². The Bertz CT molecular complexity index is 805. The van der Waals surface area contributed by atoms with Gasteiger partial charge in [-0.15, -0.1) is 22.9 Å². The van der Waals surface area contributed by atoms with Crippen LogP contribution in [0.2, 0.25) is 0 Å². The fourth-order valence-electron chi connectivity index (χ4n) is 2.03. The number of alkyl halides is 1. The Labute approximate surface area is 141 Å². The third-order valence-corrected chi connectivity index (χ3v) is 4.40. The Balaban J connectivity index is 1.71. The lowest BCUT2D eigenvalue weighted by Gasteiger charge is -2.08. The number of halogens is 2. The molecule has 0 aliphatic rings. The SMILES string of the molecule is O=C(Nc1nc(-c2ccc(F)cc2)cs1)C(Cl)c1ccccc1. The van der Waals surface area contributed by atoms with E-state index in [-0.39, 0.29) is 11.7 Å². The van der Waals surface area contributed by atoms with Crippen molar-refractivity contribution >= 4 is 34.0 Å². The second-order valence-corrected chi connectivity index (χ2v) is 6.10. The van der Waals surface area contributed by atoms with Crippen LogP contribution in [0.15, 0.2) is 60.0 Å². The van der Waals surface area contributed by atoms with Gasteiger partial charge in [0.2, 0.25) is 5.91 Å². The summed E-state index contributed by atoms with van der Waals surface area (Å²) in [4.78, 5) is 16.5. The molecule has 2 aromatic carbocycles. The van der Waals surface area contributed by atoms with Crippen LogP contribution in [0.3, 0.4) is 0 Å². The molecule has 0 saturated carbocycles. The molecule has 0 aliphatic heterocycles. The lowest BCUT2D eigenvalue weighted by Crippen LogP contribution is -2.17. The van der Waals surface area contributed by atoms with Gasteiger partial charge in [-0.25, -0.2) is 9.37 Å². The number of benzene rings is 2. The van der Waals surface area contributed by atoms with E-state index in [0.29, 0.717) is 10.8 Å². The van der Waals surface area contributed by atoms with E-state index < -0.39 is 5.38 Å². The molecular formula is C17H12ClFN2OS. The summed E-state index contributed by atoms with van der Waals surface area (Å²) in [6.45, 7) is 0. The van der Waals surface area contributed by atoms with Gasteiger partial charge in [0.15, 0.2) is 5.13 Å². The number of hydrogen-bond acceptors (Lipinski definition) is 3. The van der Waals surface area contributed by atoms with Crippen LogP contribution in [0.1, 0.15) is 10.9 Å². The zero-order valence-electron chi connectivity index (χ0n) is 11.9. The first kappa shape index (κ1) is 15.6. The van der Waals surface area contributed by atoms with E-state index in [9.17, 15) is 9.18 Å². The minimum atomic E-state index is -0.783. The van der Waals surface area contributed by atoms with Crippen LogP contribution in [-0.4, -0.2) is 10.9 Å². The number of carbonyl (C=O) groups excluding carboxylic acids is 1. The van der Waals surface area contributed by atoms with Gasteiger partial charge in [-0.1, -0.05) is 30.3 Å². The molecular weight excluding hydrogens is 335 g/mol. The Morgan fingerprint density at radius 1 is 1.13 bits per heavy atom. The minimum absolute atomic E-state index is 0.301. The maximum absolute atomic E-state index is 12.9. The first-order chi connectivity index (χ1) is 11.1. The number of rotatable bonds is 4. The minimum Gasteiger partial charge on any atom is -0.300 e. The van der Waals surface area contributed by atoms with Gasteiger partial charge in [-0.05, 0) is 29.8 Å². The van der Waals surface area contributed by atoms with Crippen molar-refractivity contribution in [3.63, 3.8) is 0 Å². The molecule has 0 spiro atoms. The van der Waals surface area contributed by atoms with E-state index in [2.05, 4.69) is 10.3 Å². The molecule has 1 amide bonds. The van der Waals surface area contributed by atoms with E-state index in [1.807, 2.05) is 18.2 Å². The molecule has 1 unspecified atom stereocenters. The highest BCUT2D eigenvalue weighted by Crippen LogP contribution is 2.27. The highest BCUT2D eigenvalue weighted by atomic mass is 35.5. The van der Waals surface area contributed by atoms with Gasteiger partial charge in [0.25, 0.3) is 0 Å². The second kappa shape index (κ2) is 6.89. The molecule has 3 rings (SSSR count). The van der Waals surface area contributed by atoms with Crippen LogP contribution in [0.5, 0.6) is 0 Å². The lowest BCUT2D eigenvalue weighted by molar-refractivity contribution is -0.116. The molecule has 116 valence electrons. The molecule has 3 nitrogen and oxygen atoms in total. The molecule has 23 heavy (non-hydrogen) atoms. The Morgan fingerprint density at radius 3 is 2.52 bits per heavy atom. The summed E-state index contributed by atoms with van der Waals surface area (Å²) in [6, 6.07) is 15.1. The number of thiazole rings is 1. The van der Waals surface area contributed by atoms with Crippen molar-refractivity contribution in [3.05, 3.63) is 71.4 Å². The van der Waals surface area contributed by atoms with Crippen molar-refractivity contribution in [2.75, 3.05) is 5.32 Å². The molecule has 3 aromatic rings. The quantitative estimate of drug-likeness (QED) is 0.685. The van der Waals surface area contributed by atoms with Gasteiger partial charge in [-0.2, -0.15) is 0 Å². The van der Waals surface area contributed by atoms with Crippen LogP contribution >= 0.6 is 22.9 Å². The predicted molar refractivity (Wildman–Crippen MR) is 91.2 cm³/mol. The third-order valence-electron chi connectivity index (χ3n) is 3.20. The monoisotopic (exact) mass is 346 g/mol. The average molecular weight is 347 g/mol. The van der Waals surface area contributed by atoms with Gasteiger partial charge in [0, 0.05) is 10.9 Å². The van der Waals surface area contributed by atoms with Crippen molar-refractivity contribution in [1.29, 1.82) is 0 Å². The molecule has 1 aromatic heterocycles. The molecule has 0 saturated heterocycles. The van der Waals surface area contributed by atoms with Gasteiger partial charge in [-0.3, -0.25) is 4.79 Å².